The summed E-state index contributed by atoms with van der Waals surface area (Å²) in [6.07, 6.45) is 5.67. The summed E-state index contributed by atoms with van der Waals surface area (Å²) in [6, 6.07) is 11.2. The van der Waals surface area contributed by atoms with Crippen LogP contribution in [0.5, 0.6) is 0 Å². The molecule has 19 heavy (non-hydrogen) atoms. The Morgan fingerprint density at radius 2 is 2.11 bits per heavy atom. The van der Waals surface area contributed by atoms with Crippen molar-refractivity contribution in [2.24, 2.45) is 0 Å². The lowest BCUT2D eigenvalue weighted by Crippen LogP contribution is -2.48. The van der Waals surface area contributed by atoms with Crippen LogP contribution in [0.4, 0.5) is 5.69 Å². The summed E-state index contributed by atoms with van der Waals surface area (Å²) < 4.78 is 5.85. The first-order chi connectivity index (χ1) is 9.43. The highest BCUT2D eigenvalue weighted by molar-refractivity contribution is 5.42. The van der Waals surface area contributed by atoms with Gasteiger partial charge in [-0.05, 0) is 37.8 Å². The highest BCUT2D eigenvalue weighted by atomic mass is 16.5. The number of nitrogens with one attached hydrogen (secondary N) is 1. The first-order valence-electron chi connectivity index (χ1n) is 7.58. The fraction of sp³-hybridized carbons (Fsp3) is 0.625. The minimum atomic E-state index is 0.524. The van der Waals surface area contributed by atoms with Gasteiger partial charge in [-0.2, -0.15) is 0 Å². The van der Waals surface area contributed by atoms with E-state index in [4.69, 9.17) is 4.74 Å². The van der Waals surface area contributed by atoms with E-state index in [0.29, 0.717) is 12.1 Å². The van der Waals surface area contributed by atoms with E-state index in [1.165, 1.54) is 37.9 Å². The summed E-state index contributed by atoms with van der Waals surface area (Å²) in [6.45, 7) is 4.29. The van der Waals surface area contributed by atoms with Crippen LogP contribution < -0.4 is 5.32 Å². The molecule has 1 aromatic carbocycles. The first kappa shape index (κ1) is 12.9. The number of hydrogen-bond donors (Lipinski definition) is 1. The predicted octanol–water partition coefficient (Wildman–Crippen LogP) is 2.74. The molecule has 2 aliphatic rings. The Kier molecular flexibility index (Phi) is 4.36. The molecule has 1 aliphatic heterocycles. The highest BCUT2D eigenvalue weighted by Crippen LogP contribution is 2.29. The van der Waals surface area contributed by atoms with Crippen LogP contribution in [0.2, 0.25) is 0 Å². The van der Waals surface area contributed by atoms with Crippen LogP contribution in [0.3, 0.4) is 0 Å². The number of nitrogens with zero attached hydrogens (tertiary/aromatic N) is 1. The topological polar surface area (TPSA) is 24.5 Å². The van der Waals surface area contributed by atoms with E-state index in [2.05, 4.69) is 40.5 Å². The Balaban J connectivity index is 1.40. The van der Waals surface area contributed by atoms with Crippen molar-refractivity contribution in [2.45, 2.75) is 37.8 Å². The summed E-state index contributed by atoms with van der Waals surface area (Å²) >= 11 is 0. The van der Waals surface area contributed by atoms with Gasteiger partial charge in [0.25, 0.3) is 0 Å². The molecule has 1 saturated heterocycles. The van der Waals surface area contributed by atoms with Crippen LogP contribution in [0.25, 0.3) is 0 Å². The molecule has 0 aromatic heterocycles. The van der Waals surface area contributed by atoms with Gasteiger partial charge in [-0.15, -0.1) is 0 Å². The maximum absolute atomic E-state index is 5.85. The van der Waals surface area contributed by atoms with Crippen molar-refractivity contribution >= 4 is 5.69 Å². The zero-order chi connectivity index (χ0) is 12.9. The predicted molar refractivity (Wildman–Crippen MR) is 78.5 cm³/mol. The van der Waals surface area contributed by atoms with E-state index in [1.54, 1.807) is 0 Å². The third-order valence-electron chi connectivity index (χ3n) is 4.32. The van der Waals surface area contributed by atoms with Crippen molar-refractivity contribution in [3.8, 4) is 0 Å². The number of morpholine rings is 1. The Bertz CT molecular complexity index is 382. The van der Waals surface area contributed by atoms with Crippen LogP contribution in [-0.4, -0.2) is 43.3 Å². The molecule has 104 valence electrons. The summed E-state index contributed by atoms with van der Waals surface area (Å²) in [5, 5.41) is 3.49. The van der Waals surface area contributed by atoms with Crippen LogP contribution in [0.1, 0.15) is 25.7 Å². The van der Waals surface area contributed by atoms with Crippen molar-refractivity contribution in [3.05, 3.63) is 30.3 Å². The molecule has 1 heterocycles. The van der Waals surface area contributed by atoms with Gasteiger partial charge < -0.3 is 10.1 Å². The molecule has 1 saturated carbocycles. The van der Waals surface area contributed by atoms with Crippen molar-refractivity contribution in [1.29, 1.82) is 0 Å². The molecule has 2 fully saturated rings. The van der Waals surface area contributed by atoms with Gasteiger partial charge in [0, 0.05) is 31.4 Å². The van der Waals surface area contributed by atoms with E-state index in [-0.39, 0.29) is 0 Å². The Labute approximate surface area is 115 Å². The molecule has 0 radical (unpaired) electrons. The maximum Gasteiger partial charge on any atom is 0.0730 e. The lowest BCUT2D eigenvalue weighted by Gasteiger charge is -2.37. The van der Waals surface area contributed by atoms with Crippen molar-refractivity contribution in [3.63, 3.8) is 0 Å². The second-order valence-corrected chi connectivity index (χ2v) is 5.59. The van der Waals surface area contributed by atoms with Crippen molar-refractivity contribution in [2.75, 3.05) is 31.6 Å². The number of ether oxygens (including phenoxy) is 1. The fourth-order valence-corrected chi connectivity index (χ4v) is 3.35. The van der Waals surface area contributed by atoms with Crippen molar-refractivity contribution < 1.29 is 4.74 Å². The molecule has 2 atom stereocenters. The summed E-state index contributed by atoms with van der Waals surface area (Å²) in [5.74, 6) is 0. The Hall–Kier alpha value is -1.06. The quantitative estimate of drug-likeness (QED) is 0.824. The van der Waals surface area contributed by atoms with Crippen LogP contribution in [0.15, 0.2) is 30.3 Å². The lowest BCUT2D eigenvalue weighted by atomic mass is 10.1. The van der Waals surface area contributed by atoms with Crippen LogP contribution >= 0.6 is 0 Å². The van der Waals surface area contributed by atoms with Gasteiger partial charge in [0.1, 0.15) is 0 Å². The smallest absolute Gasteiger partial charge is 0.0730 e. The second-order valence-electron chi connectivity index (χ2n) is 5.59. The van der Waals surface area contributed by atoms with Gasteiger partial charge in [0.05, 0.1) is 12.7 Å². The molecule has 1 aromatic rings. The zero-order valence-electron chi connectivity index (χ0n) is 11.6. The normalized spacial score (nSPS) is 27.2. The van der Waals surface area contributed by atoms with Gasteiger partial charge in [0.2, 0.25) is 0 Å². The molecule has 0 bridgehead atoms. The minimum Gasteiger partial charge on any atom is -0.385 e. The number of rotatable bonds is 5. The summed E-state index contributed by atoms with van der Waals surface area (Å²) in [7, 11) is 0. The molecule has 2 unspecified atom stereocenters. The van der Waals surface area contributed by atoms with Crippen LogP contribution in [0, 0.1) is 0 Å². The Morgan fingerprint density at radius 1 is 1.21 bits per heavy atom. The third kappa shape index (κ3) is 3.28. The average Bonchev–Trinajstić information content (AvgIpc) is 2.94. The average molecular weight is 260 g/mol. The van der Waals surface area contributed by atoms with Gasteiger partial charge >= 0.3 is 0 Å². The fourth-order valence-electron chi connectivity index (χ4n) is 3.35. The van der Waals surface area contributed by atoms with E-state index < -0.39 is 0 Å². The molecular weight excluding hydrogens is 236 g/mol. The van der Waals surface area contributed by atoms with Crippen molar-refractivity contribution in [1.82, 2.24) is 4.90 Å². The molecule has 3 nitrogen and oxygen atoms in total. The van der Waals surface area contributed by atoms with Gasteiger partial charge in [-0.3, -0.25) is 4.90 Å². The standard InChI is InChI=1S/C16H24N2O/c1-2-6-14(7-3-1)17-10-5-11-18-12-13-19-16-9-4-8-15(16)18/h1-3,6-7,15-17H,4-5,8-13H2. The second kappa shape index (κ2) is 6.40. The molecule has 1 N–H and O–H groups in total. The molecule has 3 heteroatoms. The van der Waals surface area contributed by atoms with Gasteiger partial charge in [0.15, 0.2) is 0 Å². The Morgan fingerprint density at radius 3 is 3.00 bits per heavy atom. The number of hydrogen-bond acceptors (Lipinski definition) is 3. The molecule has 1 aliphatic carbocycles. The first-order valence-corrected chi connectivity index (χ1v) is 7.58. The van der Waals surface area contributed by atoms with E-state index >= 15 is 0 Å². The monoisotopic (exact) mass is 260 g/mol. The van der Waals surface area contributed by atoms with Crippen LogP contribution in [-0.2, 0) is 4.74 Å². The molecule has 0 spiro atoms. The van der Waals surface area contributed by atoms with E-state index in [0.717, 1.165) is 19.7 Å². The number of fused-ring (bicyclic) bond motifs is 1. The van der Waals surface area contributed by atoms with E-state index in [9.17, 15) is 0 Å². The third-order valence-corrected chi connectivity index (χ3v) is 4.32. The molecular formula is C16H24N2O. The maximum atomic E-state index is 5.85. The zero-order valence-corrected chi connectivity index (χ0v) is 11.6. The lowest BCUT2D eigenvalue weighted by molar-refractivity contribution is -0.0554. The highest BCUT2D eigenvalue weighted by Gasteiger charge is 2.35. The number of anilines is 1. The summed E-state index contributed by atoms with van der Waals surface area (Å²) in [4.78, 5) is 2.65. The molecule has 0 amide bonds. The van der Waals surface area contributed by atoms with E-state index in [1.807, 2.05) is 0 Å². The van der Waals surface area contributed by atoms with Gasteiger partial charge in [-0.1, -0.05) is 18.2 Å². The number of benzene rings is 1. The van der Waals surface area contributed by atoms with Gasteiger partial charge in [-0.25, -0.2) is 0 Å². The largest absolute Gasteiger partial charge is 0.385 e. The number of para-hydroxylation sites is 1. The minimum absolute atomic E-state index is 0.524. The SMILES string of the molecule is c1ccc(NCCCN2CCOC3CCCC32)cc1. The summed E-state index contributed by atoms with van der Waals surface area (Å²) in [5.41, 5.74) is 1.23. The molecule has 3 rings (SSSR count).